The zero-order valence-electron chi connectivity index (χ0n) is 16.3. The second-order valence-corrected chi connectivity index (χ2v) is 7.97. The van der Waals surface area contributed by atoms with Crippen LogP contribution in [0, 0.1) is 6.92 Å². The Balaban J connectivity index is 1.70. The minimum Gasteiger partial charge on any atom is -0.378 e. The first-order valence-electron chi connectivity index (χ1n) is 9.50. The molecule has 1 fully saturated rings. The molecule has 0 radical (unpaired) electrons. The summed E-state index contributed by atoms with van der Waals surface area (Å²) in [5, 5.41) is 13.8. The predicted molar refractivity (Wildman–Crippen MR) is 107 cm³/mol. The van der Waals surface area contributed by atoms with Crippen LogP contribution < -0.4 is 4.90 Å². The van der Waals surface area contributed by atoms with Crippen LogP contribution >= 0.6 is 11.8 Å². The van der Waals surface area contributed by atoms with Crippen molar-refractivity contribution >= 4 is 17.7 Å². The lowest BCUT2D eigenvalue weighted by molar-refractivity contribution is 0.122. The number of aryl methyl sites for hydroxylation is 2. The van der Waals surface area contributed by atoms with Crippen molar-refractivity contribution in [2.45, 2.75) is 37.6 Å². The maximum absolute atomic E-state index is 5.50. The minimum absolute atomic E-state index is 0.0303. The van der Waals surface area contributed by atoms with E-state index < -0.39 is 0 Å². The molecule has 28 heavy (non-hydrogen) atoms. The molecule has 2 aromatic heterocycles. The van der Waals surface area contributed by atoms with Crippen LogP contribution in [0.25, 0.3) is 5.69 Å². The van der Waals surface area contributed by atoms with E-state index in [0.717, 1.165) is 47.7 Å². The monoisotopic (exact) mass is 400 g/mol. The Labute approximate surface area is 168 Å². The summed E-state index contributed by atoms with van der Waals surface area (Å²) < 4.78 is 13.0. The molecule has 1 aliphatic rings. The maximum Gasteiger partial charge on any atom is 0.239 e. The van der Waals surface area contributed by atoms with Gasteiger partial charge in [0.25, 0.3) is 0 Å². The number of anilines is 1. The van der Waals surface area contributed by atoms with E-state index in [1.165, 1.54) is 0 Å². The maximum atomic E-state index is 5.50. The molecule has 8 nitrogen and oxygen atoms in total. The molecule has 0 bridgehead atoms. The lowest BCUT2D eigenvalue weighted by Gasteiger charge is -2.28. The van der Waals surface area contributed by atoms with Crippen molar-refractivity contribution in [3.05, 3.63) is 41.5 Å². The quantitative estimate of drug-likeness (QED) is 0.584. The smallest absolute Gasteiger partial charge is 0.239 e. The number of benzene rings is 1. The van der Waals surface area contributed by atoms with Gasteiger partial charge in [-0.25, -0.2) is 0 Å². The lowest BCUT2D eigenvalue weighted by Crippen LogP contribution is -2.38. The van der Waals surface area contributed by atoms with Gasteiger partial charge in [-0.05, 0) is 25.5 Å². The normalized spacial score (nSPS) is 15.8. The van der Waals surface area contributed by atoms with Crippen LogP contribution in [0.2, 0.25) is 0 Å². The lowest BCUT2D eigenvalue weighted by atomic mass is 10.2. The highest BCUT2D eigenvalue weighted by Gasteiger charge is 2.25. The molecule has 9 heteroatoms. The van der Waals surface area contributed by atoms with Crippen LogP contribution in [-0.4, -0.2) is 51.2 Å². The molecule has 1 aliphatic heterocycles. The van der Waals surface area contributed by atoms with Crippen LogP contribution in [0.3, 0.4) is 0 Å². The van der Waals surface area contributed by atoms with Crippen molar-refractivity contribution in [1.82, 2.24) is 24.9 Å². The molecule has 148 valence electrons. The van der Waals surface area contributed by atoms with Crippen molar-refractivity contribution in [2.75, 3.05) is 31.2 Å². The molecule has 1 atom stereocenters. The molecule has 3 aromatic rings. The summed E-state index contributed by atoms with van der Waals surface area (Å²) >= 11 is 1.57. The summed E-state index contributed by atoms with van der Waals surface area (Å²) in [6.07, 6.45) is 0.751. The van der Waals surface area contributed by atoms with Crippen molar-refractivity contribution < 1.29 is 9.26 Å². The molecular weight excluding hydrogens is 376 g/mol. The first-order chi connectivity index (χ1) is 13.7. The predicted octanol–water partition coefficient (Wildman–Crippen LogP) is 3.21. The molecule has 1 aromatic carbocycles. The molecule has 0 N–H and O–H groups in total. The number of hydrogen-bond acceptors (Lipinski definition) is 8. The summed E-state index contributed by atoms with van der Waals surface area (Å²) in [5.74, 6) is 2.16. The third-order valence-corrected chi connectivity index (χ3v) is 5.73. The summed E-state index contributed by atoms with van der Waals surface area (Å²) in [6, 6.07) is 8.27. The second kappa shape index (κ2) is 8.32. The summed E-state index contributed by atoms with van der Waals surface area (Å²) in [7, 11) is 0. The Hall–Kier alpha value is -2.39. The highest BCUT2D eigenvalue weighted by atomic mass is 32.2. The van der Waals surface area contributed by atoms with Gasteiger partial charge in [-0.2, -0.15) is 4.98 Å². The number of hydrogen-bond donors (Lipinski definition) is 0. The minimum atomic E-state index is -0.0303. The van der Waals surface area contributed by atoms with Crippen LogP contribution in [-0.2, 0) is 11.2 Å². The molecule has 4 rings (SSSR count). The van der Waals surface area contributed by atoms with E-state index in [1.807, 2.05) is 26.0 Å². The number of para-hydroxylation sites is 1. The Morgan fingerprint density at radius 1 is 1.18 bits per heavy atom. The van der Waals surface area contributed by atoms with Gasteiger partial charge in [-0.15, -0.1) is 10.2 Å². The summed E-state index contributed by atoms with van der Waals surface area (Å²) in [5.41, 5.74) is 2.24. The average molecular weight is 401 g/mol. The van der Waals surface area contributed by atoms with Gasteiger partial charge in [-0.3, -0.25) is 4.57 Å². The third kappa shape index (κ3) is 3.77. The third-order valence-electron chi connectivity index (χ3n) is 4.70. The SMILES string of the molecule is CCc1noc(C(C)Sc2nnc(N3CCOCC3)n2-c2ccccc2C)n1. The van der Waals surface area contributed by atoms with Gasteiger partial charge < -0.3 is 14.2 Å². The number of nitrogens with zero attached hydrogens (tertiary/aromatic N) is 6. The van der Waals surface area contributed by atoms with Crippen molar-refractivity contribution in [1.29, 1.82) is 0 Å². The topological polar surface area (TPSA) is 82.1 Å². The molecule has 0 saturated carbocycles. The fourth-order valence-corrected chi connectivity index (χ4v) is 4.00. The fraction of sp³-hybridized carbons (Fsp3) is 0.474. The van der Waals surface area contributed by atoms with Gasteiger partial charge in [0.1, 0.15) is 0 Å². The number of aromatic nitrogens is 5. The molecule has 0 spiro atoms. The van der Waals surface area contributed by atoms with Crippen molar-refractivity contribution in [3.8, 4) is 5.69 Å². The van der Waals surface area contributed by atoms with Crippen molar-refractivity contribution in [2.24, 2.45) is 0 Å². The van der Waals surface area contributed by atoms with Gasteiger partial charge in [0.2, 0.25) is 11.8 Å². The number of ether oxygens (including phenoxy) is 1. The largest absolute Gasteiger partial charge is 0.378 e. The number of morpholine rings is 1. The Bertz CT molecular complexity index is 934. The van der Waals surface area contributed by atoms with Gasteiger partial charge >= 0.3 is 0 Å². The first-order valence-corrected chi connectivity index (χ1v) is 10.4. The summed E-state index contributed by atoms with van der Waals surface area (Å²) in [6.45, 7) is 9.14. The van der Waals surface area contributed by atoms with Gasteiger partial charge in [0.05, 0.1) is 24.2 Å². The van der Waals surface area contributed by atoms with E-state index >= 15 is 0 Å². The molecule has 3 heterocycles. The molecule has 0 aliphatic carbocycles. The number of thioether (sulfide) groups is 1. The Kier molecular flexibility index (Phi) is 5.63. The second-order valence-electron chi connectivity index (χ2n) is 6.67. The van der Waals surface area contributed by atoms with E-state index in [2.05, 4.69) is 48.9 Å². The molecule has 1 saturated heterocycles. The zero-order valence-corrected chi connectivity index (χ0v) is 17.1. The van der Waals surface area contributed by atoms with Gasteiger partial charge in [-0.1, -0.05) is 42.0 Å². The van der Waals surface area contributed by atoms with E-state index in [0.29, 0.717) is 19.1 Å². The van der Waals surface area contributed by atoms with Crippen LogP contribution in [0.5, 0.6) is 0 Å². The Morgan fingerprint density at radius 3 is 2.68 bits per heavy atom. The fourth-order valence-electron chi connectivity index (χ4n) is 3.12. The average Bonchev–Trinajstić information content (AvgIpc) is 3.36. The van der Waals surface area contributed by atoms with Gasteiger partial charge in [0.15, 0.2) is 11.0 Å². The van der Waals surface area contributed by atoms with Crippen LogP contribution in [0.15, 0.2) is 33.9 Å². The number of rotatable bonds is 6. The van der Waals surface area contributed by atoms with Crippen molar-refractivity contribution in [3.63, 3.8) is 0 Å². The first kappa shape index (κ1) is 18.9. The van der Waals surface area contributed by atoms with E-state index in [4.69, 9.17) is 9.26 Å². The van der Waals surface area contributed by atoms with E-state index in [1.54, 1.807) is 11.8 Å². The highest BCUT2D eigenvalue weighted by molar-refractivity contribution is 7.99. The van der Waals surface area contributed by atoms with Gasteiger partial charge in [0, 0.05) is 19.5 Å². The highest BCUT2D eigenvalue weighted by Crippen LogP contribution is 2.36. The Morgan fingerprint density at radius 2 is 1.96 bits per heavy atom. The summed E-state index contributed by atoms with van der Waals surface area (Å²) in [4.78, 5) is 6.68. The molecular formula is C19H24N6O2S. The molecule has 0 amide bonds. The van der Waals surface area contributed by atoms with E-state index in [-0.39, 0.29) is 5.25 Å². The standard InChI is InChI=1S/C19H24N6O2S/c1-4-16-20-17(27-23-16)14(3)28-19-22-21-18(24-9-11-26-12-10-24)25(19)15-8-6-5-7-13(15)2/h5-8,14H,4,9-12H2,1-3H3. The zero-order chi connectivity index (χ0) is 19.5. The molecule has 1 unspecified atom stereocenters. The van der Waals surface area contributed by atoms with Crippen LogP contribution in [0.4, 0.5) is 5.95 Å². The van der Waals surface area contributed by atoms with Crippen LogP contribution in [0.1, 0.15) is 36.4 Å². The van der Waals surface area contributed by atoms with E-state index in [9.17, 15) is 0 Å².